The zero-order chi connectivity index (χ0) is 23.4. The quantitative estimate of drug-likeness (QED) is 0.262. The third kappa shape index (κ3) is 4.96. The molecule has 2 heterocycles. The van der Waals surface area contributed by atoms with Gasteiger partial charge in [-0.2, -0.15) is 0 Å². The third-order valence-corrected chi connectivity index (χ3v) is 5.88. The highest BCUT2D eigenvalue weighted by atomic mass is 35.5. The summed E-state index contributed by atoms with van der Waals surface area (Å²) in [6.45, 7) is 5.26. The van der Waals surface area contributed by atoms with Gasteiger partial charge in [0.1, 0.15) is 11.3 Å². The lowest BCUT2D eigenvalue weighted by Gasteiger charge is -2.13. The summed E-state index contributed by atoms with van der Waals surface area (Å²) < 4.78 is 13.6. The predicted octanol–water partition coefficient (Wildman–Crippen LogP) is 5.88. The summed E-state index contributed by atoms with van der Waals surface area (Å²) in [4.78, 5) is 16.5. The Labute approximate surface area is 197 Å². The van der Waals surface area contributed by atoms with Crippen LogP contribution in [0.4, 0.5) is 0 Å². The minimum absolute atomic E-state index is 0.136. The minimum Gasteiger partial charge on any atom is -0.496 e. The summed E-state index contributed by atoms with van der Waals surface area (Å²) in [7, 11) is 1.63. The normalized spacial score (nSPS) is 11.7. The molecule has 0 aliphatic heterocycles. The van der Waals surface area contributed by atoms with Crippen LogP contribution in [-0.4, -0.2) is 29.1 Å². The first-order valence-corrected chi connectivity index (χ1v) is 11.1. The molecular formula is C26H26ClN3O3. The second-order valence-corrected chi connectivity index (χ2v) is 8.32. The van der Waals surface area contributed by atoms with Crippen LogP contribution in [0.2, 0.25) is 5.02 Å². The monoisotopic (exact) mass is 463 g/mol. The van der Waals surface area contributed by atoms with Crippen LogP contribution in [0.3, 0.4) is 0 Å². The van der Waals surface area contributed by atoms with Crippen molar-refractivity contribution in [2.45, 2.75) is 26.8 Å². The number of nitrogens with one attached hydrogen (secondary N) is 1. The number of methoxy groups -OCH3 is 1. The Bertz CT molecular complexity index is 1290. The van der Waals surface area contributed by atoms with Gasteiger partial charge in [0.15, 0.2) is 0 Å². The van der Waals surface area contributed by atoms with Crippen molar-refractivity contribution in [1.29, 1.82) is 0 Å². The van der Waals surface area contributed by atoms with E-state index in [4.69, 9.17) is 20.8 Å². The van der Waals surface area contributed by atoms with E-state index in [1.807, 2.05) is 54.9 Å². The first-order valence-electron chi connectivity index (χ1n) is 10.7. The standard InChI is InChI=1S/C26H26ClN3O3/c1-17(13-24(31)29-9-4-11-30-12-10-28-16-30)21-14-22-23(19-5-7-20(27)8-6-19)15-33-26(22)18(2)25(21)32-3/h5-8,10,12-16H,4,9,11H2,1-3H3,(H,29,31)/b17-13+. The van der Waals surface area contributed by atoms with E-state index in [0.717, 1.165) is 51.8 Å². The van der Waals surface area contributed by atoms with Crippen molar-refractivity contribution in [3.05, 3.63) is 77.5 Å². The van der Waals surface area contributed by atoms with E-state index < -0.39 is 0 Å². The number of furan rings is 1. The number of fused-ring (bicyclic) bond motifs is 1. The molecule has 33 heavy (non-hydrogen) atoms. The van der Waals surface area contributed by atoms with E-state index in [0.29, 0.717) is 17.3 Å². The van der Waals surface area contributed by atoms with Crippen LogP contribution in [0, 0.1) is 6.92 Å². The summed E-state index contributed by atoms with van der Waals surface area (Å²) in [5.41, 5.74) is 5.28. The van der Waals surface area contributed by atoms with Gasteiger partial charge in [-0.05, 0) is 49.6 Å². The van der Waals surface area contributed by atoms with Crippen LogP contribution < -0.4 is 10.1 Å². The number of imidazole rings is 1. The predicted molar refractivity (Wildman–Crippen MR) is 131 cm³/mol. The molecule has 0 radical (unpaired) electrons. The molecule has 0 atom stereocenters. The lowest BCUT2D eigenvalue weighted by molar-refractivity contribution is -0.116. The summed E-state index contributed by atoms with van der Waals surface area (Å²) in [6.07, 6.45) is 9.60. The maximum Gasteiger partial charge on any atom is 0.244 e. The molecule has 6 nitrogen and oxygen atoms in total. The molecular weight excluding hydrogens is 438 g/mol. The van der Waals surface area contributed by atoms with Crippen molar-refractivity contribution in [2.75, 3.05) is 13.7 Å². The van der Waals surface area contributed by atoms with E-state index in [-0.39, 0.29) is 5.91 Å². The highest BCUT2D eigenvalue weighted by Crippen LogP contribution is 2.40. The molecule has 0 unspecified atom stereocenters. The number of carbonyl (C=O) groups excluding carboxylic acids is 1. The van der Waals surface area contributed by atoms with Crippen LogP contribution in [0.5, 0.6) is 5.75 Å². The largest absolute Gasteiger partial charge is 0.496 e. The zero-order valence-electron chi connectivity index (χ0n) is 18.9. The van der Waals surface area contributed by atoms with Gasteiger partial charge >= 0.3 is 0 Å². The SMILES string of the molecule is COc1c(/C(C)=C/C(=O)NCCCn2ccnc2)cc2c(-c3ccc(Cl)cc3)coc2c1C. The fourth-order valence-corrected chi connectivity index (χ4v) is 4.07. The van der Waals surface area contributed by atoms with Gasteiger partial charge in [0, 0.05) is 58.7 Å². The molecule has 0 saturated heterocycles. The number of rotatable bonds is 8. The Kier molecular flexibility index (Phi) is 6.84. The molecule has 0 aliphatic rings. The zero-order valence-corrected chi connectivity index (χ0v) is 19.6. The summed E-state index contributed by atoms with van der Waals surface area (Å²) >= 11 is 6.05. The highest BCUT2D eigenvalue weighted by molar-refractivity contribution is 6.30. The Morgan fingerprint density at radius 1 is 1.30 bits per heavy atom. The second-order valence-electron chi connectivity index (χ2n) is 7.89. The van der Waals surface area contributed by atoms with Gasteiger partial charge in [0.05, 0.1) is 19.7 Å². The average Bonchev–Trinajstić information content (AvgIpc) is 3.47. The Hall–Kier alpha value is -3.51. The summed E-state index contributed by atoms with van der Waals surface area (Å²) in [5, 5.41) is 4.59. The first kappa shape index (κ1) is 22.7. The van der Waals surface area contributed by atoms with E-state index >= 15 is 0 Å². The molecule has 0 aliphatic carbocycles. The molecule has 2 aromatic heterocycles. The number of halogens is 1. The molecule has 1 amide bonds. The number of carbonyl (C=O) groups is 1. The van der Waals surface area contributed by atoms with Gasteiger partial charge < -0.3 is 19.0 Å². The van der Waals surface area contributed by atoms with Gasteiger partial charge in [-0.3, -0.25) is 4.79 Å². The van der Waals surface area contributed by atoms with Crippen LogP contribution in [-0.2, 0) is 11.3 Å². The molecule has 0 bridgehead atoms. The lowest BCUT2D eigenvalue weighted by atomic mass is 9.96. The summed E-state index contributed by atoms with van der Waals surface area (Å²) in [6, 6.07) is 9.66. The minimum atomic E-state index is -0.136. The van der Waals surface area contributed by atoms with Crippen molar-refractivity contribution >= 4 is 34.1 Å². The van der Waals surface area contributed by atoms with E-state index in [1.54, 1.807) is 32.0 Å². The average molecular weight is 464 g/mol. The van der Waals surface area contributed by atoms with Gasteiger partial charge in [0.2, 0.25) is 5.91 Å². The fraction of sp³-hybridized carbons (Fsp3) is 0.231. The maximum absolute atomic E-state index is 12.5. The Balaban J connectivity index is 1.59. The van der Waals surface area contributed by atoms with Crippen LogP contribution >= 0.6 is 11.6 Å². The topological polar surface area (TPSA) is 69.3 Å². The van der Waals surface area contributed by atoms with Crippen molar-refractivity contribution < 1.29 is 13.9 Å². The molecule has 4 aromatic rings. The number of nitrogens with zero attached hydrogens (tertiary/aromatic N) is 2. The van der Waals surface area contributed by atoms with Crippen LogP contribution in [0.15, 0.2) is 65.8 Å². The number of aryl methyl sites for hydroxylation is 2. The molecule has 7 heteroatoms. The van der Waals surface area contributed by atoms with Gasteiger partial charge in [0.25, 0.3) is 0 Å². The molecule has 0 fully saturated rings. The number of hydrogen-bond acceptors (Lipinski definition) is 4. The van der Waals surface area contributed by atoms with E-state index in [2.05, 4.69) is 10.3 Å². The second kappa shape index (κ2) is 9.96. The molecule has 2 aromatic carbocycles. The third-order valence-electron chi connectivity index (χ3n) is 5.63. The van der Waals surface area contributed by atoms with Gasteiger partial charge in [-0.15, -0.1) is 0 Å². The lowest BCUT2D eigenvalue weighted by Crippen LogP contribution is -2.23. The molecule has 1 N–H and O–H groups in total. The Morgan fingerprint density at radius 2 is 2.09 bits per heavy atom. The van der Waals surface area contributed by atoms with Gasteiger partial charge in [-0.25, -0.2) is 4.98 Å². The molecule has 0 saturated carbocycles. The number of allylic oxidation sites excluding steroid dienone is 1. The summed E-state index contributed by atoms with van der Waals surface area (Å²) in [5.74, 6) is 0.559. The maximum atomic E-state index is 12.5. The molecule has 170 valence electrons. The highest BCUT2D eigenvalue weighted by Gasteiger charge is 2.18. The van der Waals surface area contributed by atoms with E-state index in [9.17, 15) is 4.79 Å². The number of benzene rings is 2. The smallest absolute Gasteiger partial charge is 0.244 e. The van der Waals surface area contributed by atoms with E-state index in [1.165, 1.54) is 0 Å². The number of amides is 1. The molecule has 0 spiro atoms. The van der Waals surface area contributed by atoms with Crippen LogP contribution in [0.1, 0.15) is 24.5 Å². The fourth-order valence-electron chi connectivity index (χ4n) is 3.94. The van der Waals surface area contributed by atoms with Crippen molar-refractivity contribution in [1.82, 2.24) is 14.9 Å². The van der Waals surface area contributed by atoms with Crippen molar-refractivity contribution in [2.24, 2.45) is 0 Å². The van der Waals surface area contributed by atoms with Crippen molar-refractivity contribution in [3.63, 3.8) is 0 Å². The number of aromatic nitrogens is 2. The molecule has 4 rings (SSSR count). The number of hydrogen-bond donors (Lipinski definition) is 1. The number of ether oxygens (including phenoxy) is 1. The van der Waals surface area contributed by atoms with Crippen LogP contribution in [0.25, 0.3) is 27.7 Å². The first-order chi connectivity index (χ1) is 16.0. The van der Waals surface area contributed by atoms with Crippen molar-refractivity contribution in [3.8, 4) is 16.9 Å². The Morgan fingerprint density at radius 3 is 2.79 bits per heavy atom. The van der Waals surface area contributed by atoms with Gasteiger partial charge in [-0.1, -0.05) is 23.7 Å².